The first-order valence-corrected chi connectivity index (χ1v) is 8.64. The van der Waals surface area contributed by atoms with E-state index in [1.54, 1.807) is 31.6 Å². The van der Waals surface area contributed by atoms with E-state index in [2.05, 4.69) is 4.98 Å². The second-order valence-corrected chi connectivity index (χ2v) is 6.58. The summed E-state index contributed by atoms with van der Waals surface area (Å²) < 4.78 is 7.50. The van der Waals surface area contributed by atoms with Crippen LogP contribution in [0.3, 0.4) is 0 Å². The number of aryl methyl sites for hydroxylation is 2. The molecule has 0 atom stereocenters. The number of fused-ring (bicyclic) bond motifs is 1. The van der Waals surface area contributed by atoms with Crippen LogP contribution in [0.2, 0.25) is 0 Å². The molecule has 0 amide bonds. The standard InChI is InChI=1S/C21H17N3O4/c1-13-4-3-5-15(10-13)28-19-7-6-14(24(26)27)11-17(19)18-12-23(2)21(25)20-16(18)8-9-22-20/h3-12,22H,1-2H3. The average molecular weight is 375 g/mol. The van der Waals surface area contributed by atoms with Crippen molar-refractivity contribution >= 4 is 16.6 Å². The highest BCUT2D eigenvalue weighted by Crippen LogP contribution is 2.38. The molecule has 0 bridgehead atoms. The molecular weight excluding hydrogens is 358 g/mol. The fourth-order valence-electron chi connectivity index (χ4n) is 3.22. The molecule has 7 nitrogen and oxygen atoms in total. The maximum Gasteiger partial charge on any atom is 0.274 e. The maximum absolute atomic E-state index is 12.4. The van der Waals surface area contributed by atoms with Gasteiger partial charge in [-0.1, -0.05) is 12.1 Å². The van der Waals surface area contributed by atoms with Crippen molar-refractivity contribution in [1.82, 2.24) is 9.55 Å². The molecule has 2 heterocycles. The summed E-state index contributed by atoms with van der Waals surface area (Å²) in [5.41, 5.74) is 2.46. The van der Waals surface area contributed by atoms with Crippen molar-refractivity contribution in [2.24, 2.45) is 7.05 Å². The van der Waals surface area contributed by atoms with Crippen molar-refractivity contribution in [1.29, 1.82) is 0 Å². The number of nitro benzene ring substituents is 1. The Hall–Kier alpha value is -3.87. The second-order valence-electron chi connectivity index (χ2n) is 6.58. The molecule has 4 rings (SSSR count). The summed E-state index contributed by atoms with van der Waals surface area (Å²) in [6.07, 6.45) is 3.34. The third-order valence-corrected chi connectivity index (χ3v) is 4.58. The molecule has 0 aliphatic carbocycles. The van der Waals surface area contributed by atoms with Crippen LogP contribution < -0.4 is 10.3 Å². The first-order chi connectivity index (χ1) is 13.4. The van der Waals surface area contributed by atoms with Crippen LogP contribution in [0.15, 0.2) is 65.7 Å². The summed E-state index contributed by atoms with van der Waals surface area (Å²) in [5.74, 6) is 1.10. The van der Waals surface area contributed by atoms with Gasteiger partial charge in [0, 0.05) is 48.1 Å². The van der Waals surface area contributed by atoms with Gasteiger partial charge in [0.2, 0.25) is 0 Å². The van der Waals surface area contributed by atoms with Gasteiger partial charge in [0.25, 0.3) is 11.2 Å². The Kier molecular flexibility index (Phi) is 4.19. The summed E-state index contributed by atoms with van der Waals surface area (Å²) in [4.78, 5) is 26.2. The van der Waals surface area contributed by atoms with E-state index in [-0.39, 0.29) is 11.2 Å². The van der Waals surface area contributed by atoms with E-state index in [1.165, 1.54) is 16.7 Å². The Morgan fingerprint density at radius 3 is 2.68 bits per heavy atom. The lowest BCUT2D eigenvalue weighted by Crippen LogP contribution is -2.16. The zero-order valence-corrected chi connectivity index (χ0v) is 15.3. The lowest BCUT2D eigenvalue weighted by molar-refractivity contribution is -0.384. The van der Waals surface area contributed by atoms with Gasteiger partial charge in [0.05, 0.1) is 4.92 Å². The molecule has 0 fully saturated rings. The van der Waals surface area contributed by atoms with E-state index < -0.39 is 4.92 Å². The zero-order valence-electron chi connectivity index (χ0n) is 15.3. The third kappa shape index (κ3) is 3.03. The highest BCUT2D eigenvalue weighted by molar-refractivity contribution is 5.96. The number of hydrogen-bond donors (Lipinski definition) is 1. The monoisotopic (exact) mass is 375 g/mol. The molecular formula is C21H17N3O4. The number of non-ortho nitro benzene ring substituents is 1. The molecule has 140 valence electrons. The molecule has 1 N–H and O–H groups in total. The second kappa shape index (κ2) is 6.70. The first kappa shape index (κ1) is 17.5. The molecule has 0 spiro atoms. The quantitative estimate of drug-likeness (QED) is 0.419. The number of aromatic amines is 1. The molecule has 0 saturated carbocycles. The summed E-state index contributed by atoms with van der Waals surface area (Å²) in [5, 5.41) is 12.0. The number of H-pyrrole nitrogens is 1. The molecule has 4 aromatic rings. The normalized spacial score (nSPS) is 10.9. The van der Waals surface area contributed by atoms with Gasteiger partial charge in [-0.15, -0.1) is 0 Å². The van der Waals surface area contributed by atoms with Gasteiger partial charge in [0.1, 0.15) is 17.0 Å². The molecule has 2 aromatic heterocycles. The van der Waals surface area contributed by atoms with Gasteiger partial charge < -0.3 is 14.3 Å². The Balaban J connectivity index is 1.96. The third-order valence-electron chi connectivity index (χ3n) is 4.58. The fourth-order valence-corrected chi connectivity index (χ4v) is 3.22. The van der Waals surface area contributed by atoms with Crippen molar-refractivity contribution < 1.29 is 9.66 Å². The summed E-state index contributed by atoms with van der Waals surface area (Å²) in [7, 11) is 1.64. The topological polar surface area (TPSA) is 90.2 Å². The van der Waals surface area contributed by atoms with Crippen molar-refractivity contribution in [3.63, 3.8) is 0 Å². The van der Waals surface area contributed by atoms with E-state index in [1.807, 2.05) is 31.2 Å². The van der Waals surface area contributed by atoms with Crippen molar-refractivity contribution in [2.75, 3.05) is 0 Å². The van der Waals surface area contributed by atoms with Crippen LogP contribution in [-0.4, -0.2) is 14.5 Å². The van der Waals surface area contributed by atoms with Gasteiger partial charge in [-0.2, -0.15) is 0 Å². The van der Waals surface area contributed by atoms with Crippen molar-refractivity contribution in [2.45, 2.75) is 6.92 Å². The van der Waals surface area contributed by atoms with Crippen molar-refractivity contribution in [3.05, 3.63) is 87.0 Å². The number of nitro groups is 1. The van der Waals surface area contributed by atoms with E-state index in [0.717, 1.165) is 5.56 Å². The molecule has 2 aromatic carbocycles. The number of hydrogen-bond acceptors (Lipinski definition) is 4. The predicted molar refractivity (Wildman–Crippen MR) is 107 cm³/mol. The smallest absolute Gasteiger partial charge is 0.274 e. The Labute approximate surface area is 160 Å². The van der Waals surface area contributed by atoms with Crippen LogP contribution in [0.5, 0.6) is 11.5 Å². The number of aromatic nitrogens is 2. The van der Waals surface area contributed by atoms with Gasteiger partial charge >= 0.3 is 0 Å². The SMILES string of the molecule is Cc1cccc(Oc2ccc([N+](=O)[O-])cc2-c2cn(C)c(=O)c3[nH]ccc23)c1. The highest BCUT2D eigenvalue weighted by Gasteiger charge is 2.18. The molecule has 0 unspecified atom stereocenters. The van der Waals surface area contributed by atoms with Gasteiger partial charge in [-0.3, -0.25) is 14.9 Å². The number of ether oxygens (including phenoxy) is 1. The van der Waals surface area contributed by atoms with Crippen LogP contribution in [0.1, 0.15) is 5.56 Å². The summed E-state index contributed by atoms with van der Waals surface area (Å²) >= 11 is 0. The van der Waals surface area contributed by atoms with E-state index in [0.29, 0.717) is 33.5 Å². The van der Waals surface area contributed by atoms with Crippen LogP contribution in [0.4, 0.5) is 5.69 Å². The van der Waals surface area contributed by atoms with Crippen LogP contribution >= 0.6 is 0 Å². The molecule has 7 heteroatoms. The molecule has 0 saturated heterocycles. The first-order valence-electron chi connectivity index (χ1n) is 8.64. The molecule has 28 heavy (non-hydrogen) atoms. The molecule has 0 radical (unpaired) electrons. The van der Waals surface area contributed by atoms with Gasteiger partial charge in [-0.05, 0) is 36.8 Å². The molecule has 0 aliphatic rings. The van der Waals surface area contributed by atoms with Crippen LogP contribution in [0.25, 0.3) is 22.0 Å². The number of nitrogens with one attached hydrogen (secondary N) is 1. The number of benzene rings is 2. The Bertz CT molecular complexity index is 1270. The van der Waals surface area contributed by atoms with Crippen molar-refractivity contribution in [3.8, 4) is 22.6 Å². The minimum Gasteiger partial charge on any atom is -0.457 e. The Morgan fingerprint density at radius 1 is 1.11 bits per heavy atom. The fraction of sp³-hybridized carbons (Fsp3) is 0.0952. The van der Waals surface area contributed by atoms with Gasteiger partial charge in [-0.25, -0.2) is 0 Å². The zero-order chi connectivity index (χ0) is 19.8. The summed E-state index contributed by atoms with van der Waals surface area (Å²) in [6, 6.07) is 13.8. The van der Waals surface area contributed by atoms with Gasteiger partial charge in [0.15, 0.2) is 0 Å². The summed E-state index contributed by atoms with van der Waals surface area (Å²) in [6.45, 7) is 1.96. The lowest BCUT2D eigenvalue weighted by atomic mass is 10.0. The molecule has 0 aliphatic heterocycles. The predicted octanol–water partition coefficient (Wildman–Crippen LogP) is 4.54. The van der Waals surface area contributed by atoms with Crippen LogP contribution in [0, 0.1) is 17.0 Å². The average Bonchev–Trinajstić information content (AvgIpc) is 3.15. The highest BCUT2D eigenvalue weighted by atomic mass is 16.6. The van der Waals surface area contributed by atoms with E-state index >= 15 is 0 Å². The minimum absolute atomic E-state index is 0.0517. The number of nitrogens with zero attached hydrogens (tertiary/aromatic N) is 2. The minimum atomic E-state index is -0.448. The van der Waals surface area contributed by atoms with Crippen LogP contribution in [-0.2, 0) is 7.05 Å². The number of rotatable bonds is 4. The Morgan fingerprint density at radius 2 is 1.93 bits per heavy atom. The largest absolute Gasteiger partial charge is 0.457 e. The van der Waals surface area contributed by atoms with E-state index in [9.17, 15) is 14.9 Å². The maximum atomic E-state index is 12.4. The number of pyridine rings is 1. The van der Waals surface area contributed by atoms with E-state index in [4.69, 9.17) is 4.74 Å². The lowest BCUT2D eigenvalue weighted by Gasteiger charge is -2.13.